The van der Waals surface area contributed by atoms with Gasteiger partial charge in [-0.05, 0) is 30.4 Å². The number of carbonyl (C=O) groups is 1. The SMILES string of the molecule is COC(=O)N1CC2=C(CCC2)C1.Cl. The number of carbonyl (C=O) groups excluding carboxylic acids is 1. The van der Waals surface area contributed by atoms with Crippen molar-refractivity contribution in [1.29, 1.82) is 0 Å². The molecular formula is C9H14ClNO2. The van der Waals surface area contributed by atoms with Gasteiger partial charge in [0.15, 0.2) is 0 Å². The summed E-state index contributed by atoms with van der Waals surface area (Å²) in [4.78, 5) is 12.9. The van der Waals surface area contributed by atoms with E-state index in [1.165, 1.54) is 37.5 Å². The second-order valence-electron chi connectivity index (χ2n) is 3.39. The highest BCUT2D eigenvalue weighted by Crippen LogP contribution is 2.32. The molecule has 1 amide bonds. The summed E-state index contributed by atoms with van der Waals surface area (Å²) < 4.78 is 4.66. The van der Waals surface area contributed by atoms with Crippen LogP contribution in [0.4, 0.5) is 4.79 Å². The molecule has 0 bridgehead atoms. The molecule has 0 unspecified atom stereocenters. The van der Waals surface area contributed by atoms with Crippen LogP contribution in [0.2, 0.25) is 0 Å². The Hall–Kier alpha value is -0.700. The minimum atomic E-state index is -0.190. The highest BCUT2D eigenvalue weighted by atomic mass is 35.5. The molecule has 0 atom stereocenters. The number of ether oxygens (including phenoxy) is 1. The third-order valence-electron chi connectivity index (χ3n) is 2.65. The first kappa shape index (κ1) is 10.4. The molecule has 3 nitrogen and oxygen atoms in total. The molecule has 2 rings (SSSR count). The number of hydrogen-bond acceptors (Lipinski definition) is 2. The predicted molar refractivity (Wildman–Crippen MR) is 52.1 cm³/mol. The summed E-state index contributed by atoms with van der Waals surface area (Å²) in [6.45, 7) is 1.62. The topological polar surface area (TPSA) is 29.5 Å². The van der Waals surface area contributed by atoms with Gasteiger partial charge in [0.25, 0.3) is 0 Å². The quantitative estimate of drug-likeness (QED) is 0.564. The molecule has 13 heavy (non-hydrogen) atoms. The molecule has 0 aromatic carbocycles. The lowest BCUT2D eigenvalue weighted by atomic mass is 10.2. The predicted octanol–water partition coefficient (Wildman–Crippen LogP) is 1.97. The molecule has 1 heterocycles. The Labute approximate surface area is 84.1 Å². The van der Waals surface area contributed by atoms with Gasteiger partial charge in [-0.1, -0.05) is 0 Å². The third-order valence-corrected chi connectivity index (χ3v) is 2.65. The van der Waals surface area contributed by atoms with E-state index in [4.69, 9.17) is 0 Å². The highest BCUT2D eigenvalue weighted by molar-refractivity contribution is 5.85. The highest BCUT2D eigenvalue weighted by Gasteiger charge is 2.28. The normalized spacial score (nSPS) is 19.9. The van der Waals surface area contributed by atoms with E-state index in [0.29, 0.717) is 0 Å². The van der Waals surface area contributed by atoms with Crippen LogP contribution in [0.1, 0.15) is 19.3 Å². The fraction of sp³-hybridized carbons (Fsp3) is 0.667. The molecule has 0 fully saturated rings. The molecular weight excluding hydrogens is 190 g/mol. The van der Waals surface area contributed by atoms with Crippen LogP contribution in [-0.2, 0) is 4.74 Å². The fourth-order valence-electron chi connectivity index (χ4n) is 2.03. The molecule has 74 valence electrons. The van der Waals surface area contributed by atoms with Gasteiger partial charge in [-0.25, -0.2) is 4.79 Å². The largest absolute Gasteiger partial charge is 0.453 e. The molecule has 0 aromatic rings. The molecule has 2 aliphatic rings. The summed E-state index contributed by atoms with van der Waals surface area (Å²) in [5, 5.41) is 0. The Balaban J connectivity index is 0.000000845. The molecule has 0 saturated heterocycles. The lowest BCUT2D eigenvalue weighted by molar-refractivity contribution is 0.133. The van der Waals surface area contributed by atoms with Crippen LogP contribution in [0, 0.1) is 0 Å². The van der Waals surface area contributed by atoms with Crippen molar-refractivity contribution in [2.45, 2.75) is 19.3 Å². The first-order valence-electron chi connectivity index (χ1n) is 4.34. The van der Waals surface area contributed by atoms with E-state index in [1.807, 2.05) is 0 Å². The van der Waals surface area contributed by atoms with E-state index < -0.39 is 0 Å². The van der Waals surface area contributed by atoms with Crippen molar-refractivity contribution in [2.24, 2.45) is 0 Å². The minimum absolute atomic E-state index is 0. The van der Waals surface area contributed by atoms with Gasteiger partial charge in [-0.2, -0.15) is 0 Å². The smallest absolute Gasteiger partial charge is 0.410 e. The average molecular weight is 204 g/mol. The first-order chi connectivity index (χ1) is 5.81. The molecule has 0 spiro atoms. The number of hydrogen-bond donors (Lipinski definition) is 0. The summed E-state index contributed by atoms with van der Waals surface area (Å²) in [6, 6.07) is 0. The third kappa shape index (κ3) is 1.80. The van der Waals surface area contributed by atoms with Crippen molar-refractivity contribution in [3.05, 3.63) is 11.1 Å². The molecule has 4 heteroatoms. The van der Waals surface area contributed by atoms with Crippen LogP contribution in [-0.4, -0.2) is 31.2 Å². The average Bonchev–Trinajstić information content (AvgIpc) is 2.60. The number of amides is 1. The monoisotopic (exact) mass is 203 g/mol. The number of nitrogens with zero attached hydrogens (tertiary/aromatic N) is 1. The first-order valence-corrected chi connectivity index (χ1v) is 4.34. The fourth-order valence-corrected chi connectivity index (χ4v) is 2.03. The standard InChI is InChI=1S/C9H13NO2.ClH/c1-12-9(11)10-5-7-3-2-4-8(7)6-10;/h2-6H2,1H3;1H. The van der Waals surface area contributed by atoms with Crippen LogP contribution in [0.15, 0.2) is 11.1 Å². The minimum Gasteiger partial charge on any atom is -0.453 e. The Kier molecular flexibility index (Phi) is 3.20. The van der Waals surface area contributed by atoms with Crippen LogP contribution in [0.25, 0.3) is 0 Å². The van der Waals surface area contributed by atoms with Crippen LogP contribution < -0.4 is 0 Å². The molecule has 1 aliphatic heterocycles. The lowest BCUT2D eigenvalue weighted by Crippen LogP contribution is -2.29. The van der Waals surface area contributed by atoms with Gasteiger partial charge in [0, 0.05) is 13.1 Å². The summed E-state index contributed by atoms with van der Waals surface area (Å²) in [6.07, 6.45) is 3.45. The summed E-state index contributed by atoms with van der Waals surface area (Å²) in [5.74, 6) is 0. The van der Waals surface area contributed by atoms with Crippen molar-refractivity contribution >= 4 is 18.5 Å². The number of halogens is 1. The maximum Gasteiger partial charge on any atom is 0.410 e. The van der Waals surface area contributed by atoms with Crippen LogP contribution >= 0.6 is 12.4 Å². The molecule has 0 N–H and O–H groups in total. The zero-order valence-electron chi connectivity index (χ0n) is 7.71. The van der Waals surface area contributed by atoms with Gasteiger partial charge < -0.3 is 9.64 Å². The van der Waals surface area contributed by atoms with Gasteiger partial charge >= 0.3 is 6.09 Å². The Bertz CT molecular complexity index is 234. The van der Waals surface area contributed by atoms with Gasteiger partial charge in [0.1, 0.15) is 0 Å². The second-order valence-corrected chi connectivity index (χ2v) is 3.39. The van der Waals surface area contributed by atoms with E-state index >= 15 is 0 Å². The van der Waals surface area contributed by atoms with Crippen molar-refractivity contribution in [2.75, 3.05) is 20.2 Å². The maximum atomic E-state index is 11.1. The zero-order chi connectivity index (χ0) is 8.55. The Morgan fingerprint density at radius 3 is 2.31 bits per heavy atom. The van der Waals surface area contributed by atoms with Crippen molar-refractivity contribution in [1.82, 2.24) is 4.90 Å². The summed E-state index contributed by atoms with van der Waals surface area (Å²) in [7, 11) is 1.44. The van der Waals surface area contributed by atoms with Crippen LogP contribution in [0.3, 0.4) is 0 Å². The Morgan fingerprint density at radius 2 is 1.85 bits per heavy atom. The molecule has 1 aliphatic carbocycles. The second kappa shape index (κ2) is 4.01. The van der Waals surface area contributed by atoms with Crippen molar-refractivity contribution < 1.29 is 9.53 Å². The zero-order valence-corrected chi connectivity index (χ0v) is 8.52. The Morgan fingerprint density at radius 1 is 1.31 bits per heavy atom. The van der Waals surface area contributed by atoms with E-state index in [1.54, 1.807) is 4.90 Å². The van der Waals surface area contributed by atoms with Gasteiger partial charge in [0.05, 0.1) is 7.11 Å². The summed E-state index contributed by atoms with van der Waals surface area (Å²) in [5.41, 5.74) is 2.95. The van der Waals surface area contributed by atoms with E-state index in [9.17, 15) is 4.79 Å². The number of methoxy groups -OCH3 is 1. The van der Waals surface area contributed by atoms with E-state index in [0.717, 1.165) is 13.1 Å². The van der Waals surface area contributed by atoms with Gasteiger partial charge in [-0.15, -0.1) is 12.4 Å². The number of likely N-dealkylation sites (tertiary alicyclic amines) is 1. The van der Waals surface area contributed by atoms with Crippen molar-refractivity contribution in [3.8, 4) is 0 Å². The molecule has 0 radical (unpaired) electrons. The van der Waals surface area contributed by atoms with Gasteiger partial charge in [0.2, 0.25) is 0 Å². The number of rotatable bonds is 0. The van der Waals surface area contributed by atoms with E-state index in [-0.39, 0.29) is 18.5 Å². The summed E-state index contributed by atoms with van der Waals surface area (Å²) >= 11 is 0. The maximum absolute atomic E-state index is 11.1. The van der Waals surface area contributed by atoms with E-state index in [2.05, 4.69) is 4.74 Å². The molecule has 0 saturated carbocycles. The molecule has 0 aromatic heterocycles. The van der Waals surface area contributed by atoms with Crippen molar-refractivity contribution in [3.63, 3.8) is 0 Å². The lowest BCUT2D eigenvalue weighted by Gasteiger charge is -2.15. The van der Waals surface area contributed by atoms with Gasteiger partial charge in [-0.3, -0.25) is 0 Å². The van der Waals surface area contributed by atoms with Crippen LogP contribution in [0.5, 0.6) is 0 Å².